The lowest BCUT2D eigenvalue weighted by molar-refractivity contribution is 0.0744. The molecular weight excluding hydrogens is 296 g/mol. The smallest absolute Gasteiger partial charge is 0.274 e. The second kappa shape index (κ2) is 5.85. The van der Waals surface area contributed by atoms with Crippen LogP contribution in [0, 0.1) is 6.92 Å². The minimum atomic E-state index is -0.113. The van der Waals surface area contributed by atoms with E-state index in [1.54, 1.807) is 18.9 Å². The Balaban J connectivity index is 2.25. The molecule has 0 saturated carbocycles. The third kappa shape index (κ3) is 2.81. The van der Waals surface area contributed by atoms with Crippen molar-refractivity contribution < 1.29 is 4.79 Å². The molecular formula is C13H17ClN4OS. The Morgan fingerprint density at radius 2 is 2.25 bits per heavy atom. The van der Waals surface area contributed by atoms with Crippen molar-refractivity contribution in [2.24, 2.45) is 7.05 Å². The molecule has 2 rings (SSSR count). The first kappa shape index (κ1) is 14.9. The van der Waals surface area contributed by atoms with Crippen molar-refractivity contribution in [2.75, 3.05) is 12.3 Å². The van der Waals surface area contributed by atoms with Gasteiger partial charge in [-0.15, -0.1) is 11.3 Å². The highest BCUT2D eigenvalue weighted by molar-refractivity contribution is 7.16. The second-order valence-corrected chi connectivity index (χ2v) is 6.30. The maximum atomic E-state index is 12.6. The Morgan fingerprint density at radius 3 is 2.70 bits per heavy atom. The molecule has 0 aliphatic carbocycles. The van der Waals surface area contributed by atoms with Gasteiger partial charge in [-0.3, -0.25) is 9.48 Å². The second-order valence-electron chi connectivity index (χ2n) is 4.50. The molecule has 0 spiro atoms. The van der Waals surface area contributed by atoms with Gasteiger partial charge in [0.15, 0.2) is 0 Å². The molecule has 0 fully saturated rings. The number of aryl methyl sites for hydroxylation is 2. The van der Waals surface area contributed by atoms with Gasteiger partial charge in [-0.2, -0.15) is 5.10 Å². The first-order valence-corrected chi connectivity index (χ1v) is 7.46. The monoisotopic (exact) mass is 312 g/mol. The number of anilines is 1. The first-order chi connectivity index (χ1) is 9.43. The Bertz CT molecular complexity index is 634. The lowest BCUT2D eigenvalue weighted by Gasteiger charge is -2.20. The summed E-state index contributed by atoms with van der Waals surface area (Å²) < 4.78 is 2.26. The van der Waals surface area contributed by atoms with Gasteiger partial charge in [0.2, 0.25) is 0 Å². The van der Waals surface area contributed by atoms with E-state index in [1.165, 1.54) is 16.0 Å². The van der Waals surface area contributed by atoms with Gasteiger partial charge in [0.25, 0.3) is 5.91 Å². The van der Waals surface area contributed by atoms with Crippen molar-refractivity contribution in [3.8, 4) is 0 Å². The lowest BCUT2D eigenvalue weighted by atomic mass is 10.2. The highest BCUT2D eigenvalue weighted by Crippen LogP contribution is 2.24. The third-order valence-corrected chi connectivity index (χ3v) is 4.33. The van der Waals surface area contributed by atoms with Crippen molar-refractivity contribution in [3.63, 3.8) is 0 Å². The fourth-order valence-corrected chi connectivity index (χ4v) is 3.13. The van der Waals surface area contributed by atoms with Crippen LogP contribution in [0.5, 0.6) is 0 Å². The number of hydrogen-bond acceptors (Lipinski definition) is 4. The van der Waals surface area contributed by atoms with Crippen LogP contribution in [-0.4, -0.2) is 27.1 Å². The molecule has 0 saturated heterocycles. The van der Waals surface area contributed by atoms with Crippen molar-refractivity contribution in [2.45, 2.75) is 20.4 Å². The van der Waals surface area contributed by atoms with Crippen molar-refractivity contribution in [1.29, 1.82) is 0 Å². The Hall–Kier alpha value is -1.53. The number of nitrogen functional groups attached to an aromatic ring is 1. The van der Waals surface area contributed by atoms with Crippen LogP contribution in [0.3, 0.4) is 0 Å². The van der Waals surface area contributed by atoms with Crippen molar-refractivity contribution in [1.82, 2.24) is 14.7 Å². The predicted octanol–water partition coefficient (Wildman–Crippen LogP) is 2.69. The number of rotatable bonds is 4. The first-order valence-electron chi connectivity index (χ1n) is 6.26. The average molecular weight is 313 g/mol. The maximum absolute atomic E-state index is 12.6. The molecule has 0 aliphatic heterocycles. The van der Waals surface area contributed by atoms with Crippen LogP contribution >= 0.6 is 22.9 Å². The summed E-state index contributed by atoms with van der Waals surface area (Å²) in [6.07, 6.45) is 0. The summed E-state index contributed by atoms with van der Waals surface area (Å²) in [6.45, 7) is 4.85. The maximum Gasteiger partial charge on any atom is 0.274 e. The number of nitrogens with zero attached hydrogens (tertiary/aromatic N) is 3. The SMILES string of the molecule is CCN(Cc1ccc(Cl)s1)C(=O)c1c(N)c(C)nn1C. The van der Waals surface area contributed by atoms with Gasteiger partial charge in [-0.1, -0.05) is 11.6 Å². The topological polar surface area (TPSA) is 64.2 Å². The number of halogens is 1. The van der Waals surface area contributed by atoms with Gasteiger partial charge in [0, 0.05) is 18.5 Å². The molecule has 0 aromatic carbocycles. The molecule has 2 N–H and O–H groups in total. The van der Waals surface area contributed by atoms with E-state index < -0.39 is 0 Å². The van der Waals surface area contributed by atoms with E-state index in [9.17, 15) is 4.79 Å². The largest absolute Gasteiger partial charge is 0.395 e. The molecule has 20 heavy (non-hydrogen) atoms. The summed E-state index contributed by atoms with van der Waals surface area (Å²) in [6, 6.07) is 3.77. The highest BCUT2D eigenvalue weighted by atomic mass is 35.5. The number of hydrogen-bond donors (Lipinski definition) is 1. The summed E-state index contributed by atoms with van der Waals surface area (Å²) in [7, 11) is 1.73. The number of carbonyl (C=O) groups excluding carboxylic acids is 1. The number of carbonyl (C=O) groups is 1. The standard InChI is InChI=1S/C13H17ClN4OS/c1-4-18(7-9-5-6-10(14)20-9)13(19)12-11(15)8(2)16-17(12)3/h5-6H,4,7,15H2,1-3H3. The Kier molecular flexibility index (Phi) is 4.35. The fourth-order valence-electron chi connectivity index (χ4n) is 2.03. The van der Waals surface area contributed by atoms with E-state index in [-0.39, 0.29) is 5.91 Å². The van der Waals surface area contributed by atoms with Crippen LogP contribution < -0.4 is 5.73 Å². The third-order valence-electron chi connectivity index (χ3n) is 3.12. The van der Waals surface area contributed by atoms with Gasteiger partial charge >= 0.3 is 0 Å². The summed E-state index contributed by atoms with van der Waals surface area (Å²) in [4.78, 5) is 15.4. The molecule has 0 radical (unpaired) electrons. The molecule has 0 aliphatic rings. The zero-order valence-corrected chi connectivity index (χ0v) is 13.3. The molecule has 0 unspecified atom stereocenters. The molecule has 2 aromatic heterocycles. The molecule has 2 aromatic rings. The molecule has 1 amide bonds. The summed E-state index contributed by atoms with van der Waals surface area (Å²) >= 11 is 7.39. The highest BCUT2D eigenvalue weighted by Gasteiger charge is 2.23. The minimum absolute atomic E-state index is 0.113. The van der Waals surface area contributed by atoms with Crippen LogP contribution in [-0.2, 0) is 13.6 Å². The number of thiophene rings is 1. The van der Waals surface area contributed by atoms with Gasteiger partial charge in [0.1, 0.15) is 5.69 Å². The summed E-state index contributed by atoms with van der Waals surface area (Å²) in [5.74, 6) is -0.113. The molecule has 5 nitrogen and oxygen atoms in total. The van der Waals surface area contributed by atoms with Crippen molar-refractivity contribution in [3.05, 3.63) is 32.7 Å². The predicted molar refractivity (Wildman–Crippen MR) is 82.1 cm³/mol. The van der Waals surface area contributed by atoms with Crippen LogP contribution in [0.25, 0.3) is 0 Å². The van der Waals surface area contributed by atoms with Gasteiger partial charge in [-0.05, 0) is 26.0 Å². The van der Waals surface area contributed by atoms with Crippen LogP contribution in [0.4, 0.5) is 5.69 Å². The molecule has 0 bridgehead atoms. The number of amides is 1. The van der Waals surface area contributed by atoms with Crippen LogP contribution in [0.2, 0.25) is 4.34 Å². The van der Waals surface area contributed by atoms with Gasteiger partial charge in [-0.25, -0.2) is 0 Å². The molecule has 2 heterocycles. The van der Waals surface area contributed by atoms with E-state index in [2.05, 4.69) is 5.10 Å². The number of aromatic nitrogens is 2. The van der Waals surface area contributed by atoms with Gasteiger partial charge < -0.3 is 10.6 Å². The Labute approximate surface area is 126 Å². The van der Waals surface area contributed by atoms with E-state index in [4.69, 9.17) is 17.3 Å². The summed E-state index contributed by atoms with van der Waals surface area (Å²) in [5, 5.41) is 4.19. The average Bonchev–Trinajstić information content (AvgIpc) is 2.91. The van der Waals surface area contributed by atoms with Crippen LogP contribution in [0.15, 0.2) is 12.1 Å². The molecule has 0 atom stereocenters. The lowest BCUT2D eigenvalue weighted by Crippen LogP contribution is -2.32. The normalized spacial score (nSPS) is 10.8. The number of nitrogens with two attached hydrogens (primary N) is 1. The van der Waals surface area contributed by atoms with E-state index >= 15 is 0 Å². The molecule has 7 heteroatoms. The van der Waals surface area contributed by atoms with Crippen molar-refractivity contribution >= 4 is 34.5 Å². The summed E-state index contributed by atoms with van der Waals surface area (Å²) in [5.41, 5.74) is 7.50. The van der Waals surface area contributed by atoms with Gasteiger partial charge in [0.05, 0.1) is 22.3 Å². The Morgan fingerprint density at radius 1 is 1.55 bits per heavy atom. The molecule has 108 valence electrons. The zero-order chi connectivity index (χ0) is 14.9. The van der Waals surface area contributed by atoms with Crippen LogP contribution in [0.1, 0.15) is 28.0 Å². The quantitative estimate of drug-likeness (QED) is 0.944. The van der Waals surface area contributed by atoms with E-state index in [1.807, 2.05) is 19.1 Å². The minimum Gasteiger partial charge on any atom is -0.395 e. The van der Waals surface area contributed by atoms with E-state index in [0.29, 0.717) is 30.2 Å². The van der Waals surface area contributed by atoms with E-state index in [0.717, 1.165) is 9.21 Å². The fraction of sp³-hybridized carbons (Fsp3) is 0.385. The zero-order valence-electron chi connectivity index (χ0n) is 11.7.